The summed E-state index contributed by atoms with van der Waals surface area (Å²) in [5.41, 5.74) is 0.928. The third-order valence-electron chi connectivity index (χ3n) is 5.73. The molecular weight excluding hydrogens is 340 g/mol. The highest BCUT2D eigenvalue weighted by Gasteiger charge is 2.57. The van der Waals surface area contributed by atoms with Gasteiger partial charge in [0.05, 0.1) is 12.8 Å². The Morgan fingerprint density at radius 1 is 0.926 bits per heavy atom. The second kappa shape index (κ2) is 7.06. The lowest BCUT2D eigenvalue weighted by atomic mass is 9.80. The molecule has 0 radical (unpaired) electrons. The zero-order valence-electron chi connectivity index (χ0n) is 15.6. The summed E-state index contributed by atoms with van der Waals surface area (Å²) in [7, 11) is 1.60. The number of carbonyl (C=O) groups is 2. The predicted molar refractivity (Wildman–Crippen MR) is 104 cm³/mol. The molecule has 4 rings (SSSR count). The zero-order valence-corrected chi connectivity index (χ0v) is 15.6. The average Bonchev–Trinajstić information content (AvgIpc) is 2.91. The highest BCUT2D eigenvalue weighted by molar-refractivity contribution is 6.23. The number of hydrogen-bond donors (Lipinski definition) is 0. The first-order valence-electron chi connectivity index (χ1n) is 9.50. The Morgan fingerprint density at radius 2 is 1.59 bits per heavy atom. The molecule has 2 fully saturated rings. The number of carbonyl (C=O) groups excluding carboxylic acids is 2. The summed E-state index contributed by atoms with van der Waals surface area (Å²) < 4.78 is 5.20. The van der Waals surface area contributed by atoms with Gasteiger partial charge in [-0.15, -0.1) is 0 Å². The molecule has 1 saturated heterocycles. The fraction of sp³-hybridized carbons (Fsp3) is 0.364. The lowest BCUT2D eigenvalue weighted by molar-refractivity contribution is -0.126. The first kappa shape index (κ1) is 17.6. The Labute approximate surface area is 159 Å². The summed E-state index contributed by atoms with van der Waals surface area (Å²) in [6, 6.07) is 16.8. The van der Waals surface area contributed by atoms with Gasteiger partial charge in [-0.05, 0) is 42.7 Å². The van der Waals surface area contributed by atoms with Crippen molar-refractivity contribution in [2.45, 2.75) is 44.2 Å². The number of urea groups is 1. The van der Waals surface area contributed by atoms with E-state index in [-0.39, 0.29) is 11.9 Å². The molecule has 1 saturated carbocycles. The summed E-state index contributed by atoms with van der Waals surface area (Å²) >= 11 is 0. The molecule has 1 aliphatic carbocycles. The summed E-state index contributed by atoms with van der Waals surface area (Å²) in [4.78, 5) is 30.0. The number of anilines is 1. The molecule has 2 aromatic rings. The topological polar surface area (TPSA) is 49.9 Å². The number of rotatable bonds is 4. The van der Waals surface area contributed by atoms with Gasteiger partial charge in [0, 0.05) is 6.54 Å². The summed E-state index contributed by atoms with van der Waals surface area (Å²) in [6.45, 7) is 0.456. The van der Waals surface area contributed by atoms with Crippen molar-refractivity contribution in [1.29, 1.82) is 0 Å². The van der Waals surface area contributed by atoms with Gasteiger partial charge in [-0.25, -0.2) is 9.69 Å². The molecule has 5 heteroatoms. The van der Waals surface area contributed by atoms with Crippen molar-refractivity contribution in [2.75, 3.05) is 12.0 Å². The van der Waals surface area contributed by atoms with Crippen molar-refractivity contribution in [2.24, 2.45) is 0 Å². The molecule has 0 atom stereocenters. The molecule has 0 bridgehead atoms. The van der Waals surface area contributed by atoms with Crippen LogP contribution in [0.4, 0.5) is 10.5 Å². The first-order chi connectivity index (χ1) is 13.2. The minimum absolute atomic E-state index is 0.0895. The van der Waals surface area contributed by atoms with E-state index in [0.29, 0.717) is 18.0 Å². The molecule has 3 amide bonds. The van der Waals surface area contributed by atoms with Crippen LogP contribution in [0.2, 0.25) is 0 Å². The van der Waals surface area contributed by atoms with Gasteiger partial charge in [-0.2, -0.15) is 0 Å². The maximum atomic E-state index is 13.5. The van der Waals surface area contributed by atoms with Crippen LogP contribution in [0.1, 0.15) is 37.7 Å². The molecule has 27 heavy (non-hydrogen) atoms. The van der Waals surface area contributed by atoms with E-state index >= 15 is 0 Å². The van der Waals surface area contributed by atoms with Gasteiger partial charge in [0.15, 0.2) is 0 Å². The van der Waals surface area contributed by atoms with Gasteiger partial charge < -0.3 is 9.64 Å². The van der Waals surface area contributed by atoms with Crippen molar-refractivity contribution >= 4 is 17.6 Å². The van der Waals surface area contributed by atoms with Gasteiger partial charge in [-0.3, -0.25) is 4.79 Å². The fourth-order valence-electron chi connectivity index (χ4n) is 4.28. The lowest BCUT2D eigenvalue weighted by Gasteiger charge is -2.38. The average molecular weight is 364 g/mol. The Morgan fingerprint density at radius 3 is 2.22 bits per heavy atom. The van der Waals surface area contributed by atoms with E-state index < -0.39 is 5.54 Å². The van der Waals surface area contributed by atoms with Crippen molar-refractivity contribution in [1.82, 2.24) is 4.90 Å². The van der Waals surface area contributed by atoms with E-state index in [2.05, 4.69) is 0 Å². The molecule has 1 aliphatic heterocycles. The number of imide groups is 1. The van der Waals surface area contributed by atoms with Gasteiger partial charge >= 0.3 is 6.03 Å². The van der Waals surface area contributed by atoms with E-state index in [9.17, 15) is 9.59 Å². The third kappa shape index (κ3) is 2.97. The monoisotopic (exact) mass is 364 g/mol. The number of nitrogens with zero attached hydrogens (tertiary/aromatic N) is 2. The molecule has 2 aliphatic rings. The van der Waals surface area contributed by atoms with E-state index in [1.807, 2.05) is 30.3 Å². The number of methoxy groups -OCH3 is 1. The molecule has 0 N–H and O–H groups in total. The zero-order chi connectivity index (χ0) is 18.9. The largest absolute Gasteiger partial charge is 0.497 e. The van der Waals surface area contributed by atoms with Crippen molar-refractivity contribution in [3.8, 4) is 5.75 Å². The number of hydrogen-bond acceptors (Lipinski definition) is 3. The maximum Gasteiger partial charge on any atom is 0.332 e. The van der Waals surface area contributed by atoms with Crippen LogP contribution >= 0.6 is 0 Å². The summed E-state index contributed by atoms with van der Waals surface area (Å²) in [5.74, 6) is 0.611. The van der Waals surface area contributed by atoms with Crippen LogP contribution in [0.25, 0.3) is 0 Å². The quantitative estimate of drug-likeness (QED) is 0.757. The van der Waals surface area contributed by atoms with E-state index in [4.69, 9.17) is 4.74 Å². The Bertz CT molecular complexity index is 826. The van der Waals surface area contributed by atoms with E-state index in [1.165, 1.54) is 4.90 Å². The van der Waals surface area contributed by atoms with Crippen molar-refractivity contribution in [3.63, 3.8) is 0 Å². The fourth-order valence-corrected chi connectivity index (χ4v) is 4.28. The van der Waals surface area contributed by atoms with Gasteiger partial charge in [0.1, 0.15) is 11.3 Å². The minimum atomic E-state index is -0.717. The molecule has 0 aromatic heterocycles. The Kier molecular flexibility index (Phi) is 4.60. The van der Waals surface area contributed by atoms with Gasteiger partial charge in [0.25, 0.3) is 5.91 Å². The number of amides is 3. The van der Waals surface area contributed by atoms with Crippen molar-refractivity contribution < 1.29 is 14.3 Å². The van der Waals surface area contributed by atoms with Crippen LogP contribution < -0.4 is 9.64 Å². The summed E-state index contributed by atoms with van der Waals surface area (Å²) in [6.07, 6.45) is 4.53. The lowest BCUT2D eigenvalue weighted by Crippen LogP contribution is -2.50. The molecular formula is C22H24N2O3. The minimum Gasteiger partial charge on any atom is -0.497 e. The van der Waals surface area contributed by atoms with Crippen LogP contribution in [0.5, 0.6) is 5.75 Å². The molecule has 0 unspecified atom stereocenters. The maximum absolute atomic E-state index is 13.5. The van der Waals surface area contributed by atoms with Crippen LogP contribution in [-0.2, 0) is 11.3 Å². The number of ether oxygens (including phenoxy) is 1. The predicted octanol–water partition coefficient (Wildman–Crippen LogP) is 4.37. The van der Waals surface area contributed by atoms with Crippen LogP contribution in [-0.4, -0.2) is 29.5 Å². The SMILES string of the molecule is COc1ccc(N2C(=O)N(Cc3ccccc3)C3(CCCCC3)C2=O)cc1. The van der Waals surface area contributed by atoms with E-state index in [1.54, 1.807) is 36.3 Å². The molecule has 5 nitrogen and oxygen atoms in total. The van der Waals surface area contributed by atoms with Crippen LogP contribution in [0.15, 0.2) is 54.6 Å². The Balaban J connectivity index is 1.71. The summed E-state index contributed by atoms with van der Waals surface area (Å²) in [5, 5.41) is 0. The van der Waals surface area contributed by atoms with Crippen LogP contribution in [0.3, 0.4) is 0 Å². The van der Waals surface area contributed by atoms with Crippen LogP contribution in [0, 0.1) is 0 Å². The highest BCUT2D eigenvalue weighted by atomic mass is 16.5. The molecule has 1 heterocycles. The van der Waals surface area contributed by atoms with Gasteiger partial charge in [0.2, 0.25) is 0 Å². The highest BCUT2D eigenvalue weighted by Crippen LogP contribution is 2.43. The first-order valence-corrected chi connectivity index (χ1v) is 9.50. The number of benzene rings is 2. The normalized spacial score (nSPS) is 19.0. The van der Waals surface area contributed by atoms with Crippen molar-refractivity contribution in [3.05, 3.63) is 60.2 Å². The smallest absolute Gasteiger partial charge is 0.332 e. The standard InChI is InChI=1S/C22H24N2O3/c1-27-19-12-10-18(11-13-19)24-20(25)22(14-6-3-7-15-22)23(21(24)26)16-17-8-4-2-5-9-17/h2,4-5,8-13H,3,6-7,14-16H2,1H3. The second-order valence-electron chi connectivity index (χ2n) is 7.29. The van der Waals surface area contributed by atoms with E-state index in [0.717, 1.165) is 37.7 Å². The third-order valence-corrected chi connectivity index (χ3v) is 5.73. The molecule has 2 aromatic carbocycles. The second-order valence-corrected chi connectivity index (χ2v) is 7.29. The Hall–Kier alpha value is -2.82. The molecule has 1 spiro atoms. The molecule has 140 valence electrons. The van der Waals surface area contributed by atoms with Gasteiger partial charge in [-0.1, -0.05) is 49.6 Å².